The van der Waals surface area contributed by atoms with Crippen molar-refractivity contribution in [3.05, 3.63) is 138 Å². The van der Waals surface area contributed by atoms with Crippen LogP contribution in [0.25, 0.3) is 28.2 Å². The van der Waals surface area contributed by atoms with Gasteiger partial charge in [-0.15, -0.1) is 0 Å². The molecule has 0 radical (unpaired) electrons. The third-order valence-corrected chi connectivity index (χ3v) is 8.17. The predicted molar refractivity (Wildman–Crippen MR) is 178 cm³/mol. The Labute approximate surface area is 268 Å². The smallest absolute Gasteiger partial charge is 0.341 e. The first-order chi connectivity index (χ1) is 22.5. The molecular weight excluding hydrogens is 576 g/mol. The molecule has 6 rings (SSSR count). The molecule has 1 atom stereocenters. The molecule has 0 spiro atoms. The number of nitrogens with zero attached hydrogens (tertiary/aromatic N) is 1. The number of carbonyl (C=O) groups excluding carboxylic acids is 1. The lowest BCUT2D eigenvalue weighted by molar-refractivity contribution is -0.139. The third kappa shape index (κ3) is 7.61. The number of hydrogen-bond donors (Lipinski definition) is 2. The Morgan fingerprint density at radius 2 is 1.61 bits per heavy atom. The lowest BCUT2D eigenvalue weighted by Gasteiger charge is -2.22. The average molecular weight is 613 g/mol. The molecule has 1 aromatic heterocycles. The highest BCUT2D eigenvalue weighted by molar-refractivity contribution is 5.94. The number of allylic oxidation sites excluding steroid dienone is 2. The van der Waals surface area contributed by atoms with Gasteiger partial charge >= 0.3 is 5.97 Å². The van der Waals surface area contributed by atoms with Crippen LogP contribution < -0.4 is 10.1 Å². The summed E-state index contributed by atoms with van der Waals surface area (Å²) in [6.07, 6.45) is 6.80. The molecule has 1 aliphatic carbocycles. The Balaban J connectivity index is 1.13. The monoisotopic (exact) mass is 612 g/mol. The van der Waals surface area contributed by atoms with E-state index in [4.69, 9.17) is 19.2 Å². The van der Waals surface area contributed by atoms with Crippen LogP contribution in [0, 0.1) is 5.92 Å². The minimum Gasteiger partial charge on any atom is -0.482 e. The maximum absolute atomic E-state index is 13.1. The van der Waals surface area contributed by atoms with Gasteiger partial charge in [-0.3, -0.25) is 4.79 Å². The van der Waals surface area contributed by atoms with E-state index in [0.717, 1.165) is 65.0 Å². The Morgan fingerprint density at radius 3 is 2.35 bits per heavy atom. The number of carboxylic acids is 1. The number of carbonyl (C=O) groups is 2. The van der Waals surface area contributed by atoms with Crippen molar-refractivity contribution in [2.45, 2.75) is 32.1 Å². The average Bonchev–Trinajstić information content (AvgIpc) is 3.54. The van der Waals surface area contributed by atoms with Crippen LogP contribution >= 0.6 is 0 Å². The van der Waals surface area contributed by atoms with Crippen LogP contribution in [-0.2, 0) is 17.6 Å². The number of rotatable bonds is 12. The molecular formula is C39H36N2O5. The zero-order chi connectivity index (χ0) is 31.7. The first-order valence-electron chi connectivity index (χ1n) is 15.7. The van der Waals surface area contributed by atoms with Gasteiger partial charge in [-0.05, 0) is 73.4 Å². The highest BCUT2D eigenvalue weighted by Crippen LogP contribution is 2.40. The summed E-state index contributed by atoms with van der Waals surface area (Å²) in [6, 6.07) is 35.4. The van der Waals surface area contributed by atoms with E-state index in [-0.39, 0.29) is 18.4 Å². The second kappa shape index (κ2) is 14.6. The number of carboxylic acid groups (broad SMARTS) is 1. The van der Waals surface area contributed by atoms with Gasteiger partial charge in [-0.2, -0.15) is 0 Å². The van der Waals surface area contributed by atoms with E-state index in [1.807, 2.05) is 66.7 Å². The zero-order valence-corrected chi connectivity index (χ0v) is 25.5. The number of oxazole rings is 1. The van der Waals surface area contributed by atoms with Gasteiger partial charge in [-0.1, -0.05) is 91.0 Å². The number of benzene rings is 4. The summed E-state index contributed by atoms with van der Waals surface area (Å²) in [5.74, 6) is 1.02. The van der Waals surface area contributed by atoms with Gasteiger partial charge in [0.2, 0.25) is 5.89 Å². The highest BCUT2D eigenvalue weighted by atomic mass is 16.5. The van der Waals surface area contributed by atoms with E-state index in [1.165, 1.54) is 0 Å². The molecule has 1 unspecified atom stereocenters. The van der Waals surface area contributed by atoms with Crippen molar-refractivity contribution in [2.24, 2.45) is 5.92 Å². The molecule has 232 valence electrons. The molecule has 4 aromatic carbocycles. The molecule has 0 bridgehead atoms. The van der Waals surface area contributed by atoms with Crippen LogP contribution in [0.2, 0.25) is 0 Å². The summed E-state index contributed by atoms with van der Waals surface area (Å²) in [7, 11) is 0. The molecule has 1 aliphatic rings. The molecule has 0 saturated heterocycles. The summed E-state index contributed by atoms with van der Waals surface area (Å²) in [4.78, 5) is 28.8. The highest BCUT2D eigenvalue weighted by Gasteiger charge is 2.26. The molecule has 46 heavy (non-hydrogen) atoms. The summed E-state index contributed by atoms with van der Waals surface area (Å²) < 4.78 is 11.7. The van der Waals surface area contributed by atoms with Crippen molar-refractivity contribution < 1.29 is 23.8 Å². The van der Waals surface area contributed by atoms with Crippen molar-refractivity contribution in [2.75, 3.05) is 13.2 Å². The molecule has 1 heterocycles. The first-order valence-corrected chi connectivity index (χ1v) is 15.7. The normalized spacial score (nSPS) is 14.3. The van der Waals surface area contributed by atoms with Crippen molar-refractivity contribution >= 4 is 17.4 Å². The molecule has 0 fully saturated rings. The zero-order valence-electron chi connectivity index (χ0n) is 25.5. The van der Waals surface area contributed by atoms with Gasteiger partial charge in [-0.25, -0.2) is 9.78 Å². The number of ether oxygens (including phenoxy) is 1. The maximum Gasteiger partial charge on any atom is 0.341 e. The van der Waals surface area contributed by atoms with Gasteiger partial charge in [0.25, 0.3) is 5.91 Å². The summed E-state index contributed by atoms with van der Waals surface area (Å²) in [5, 5.41) is 11.8. The lowest BCUT2D eigenvalue weighted by Crippen LogP contribution is -2.25. The summed E-state index contributed by atoms with van der Waals surface area (Å²) in [6.45, 7) is 0.0997. The van der Waals surface area contributed by atoms with Crippen molar-refractivity contribution in [3.63, 3.8) is 0 Å². The molecule has 7 nitrogen and oxygen atoms in total. The molecule has 0 saturated carbocycles. The summed E-state index contributed by atoms with van der Waals surface area (Å²) in [5.41, 5.74) is 6.72. The summed E-state index contributed by atoms with van der Waals surface area (Å²) >= 11 is 0. The number of nitrogens with one attached hydrogen (secondary N) is 1. The van der Waals surface area contributed by atoms with Crippen LogP contribution in [0.1, 0.15) is 46.6 Å². The number of hydrogen-bond acceptors (Lipinski definition) is 5. The fourth-order valence-electron chi connectivity index (χ4n) is 5.88. The van der Waals surface area contributed by atoms with Crippen molar-refractivity contribution in [1.29, 1.82) is 0 Å². The van der Waals surface area contributed by atoms with Crippen LogP contribution in [0.3, 0.4) is 0 Å². The maximum atomic E-state index is 13.1. The van der Waals surface area contributed by atoms with Gasteiger partial charge < -0.3 is 19.6 Å². The fraction of sp³-hybridized carbons (Fsp3) is 0.205. The van der Waals surface area contributed by atoms with E-state index in [2.05, 4.69) is 41.7 Å². The van der Waals surface area contributed by atoms with E-state index < -0.39 is 5.97 Å². The SMILES string of the molecule is O=C(O)COc1ccc(CCNC(=O)c2cccc(CC3CCCC=C3c3nc(-c4ccccc4)c(-c4ccccc4)o3)c2)cc1. The minimum atomic E-state index is -1.02. The van der Waals surface area contributed by atoms with Crippen molar-refractivity contribution in [3.8, 4) is 28.3 Å². The number of aliphatic carboxylic acids is 1. The first kappa shape index (κ1) is 30.6. The molecule has 5 aromatic rings. The molecule has 0 aliphatic heterocycles. The minimum absolute atomic E-state index is 0.115. The Morgan fingerprint density at radius 1 is 0.870 bits per heavy atom. The van der Waals surface area contributed by atoms with Gasteiger partial charge in [0.1, 0.15) is 11.4 Å². The lowest BCUT2D eigenvalue weighted by atomic mass is 9.83. The van der Waals surface area contributed by atoms with Gasteiger partial charge in [0.15, 0.2) is 12.4 Å². The Bertz CT molecular complexity index is 1750. The van der Waals surface area contributed by atoms with Crippen LogP contribution in [0.4, 0.5) is 0 Å². The van der Waals surface area contributed by atoms with Crippen molar-refractivity contribution in [1.82, 2.24) is 10.3 Å². The van der Waals surface area contributed by atoms with E-state index in [0.29, 0.717) is 30.2 Å². The second-order valence-electron chi connectivity index (χ2n) is 11.5. The Hall–Kier alpha value is -5.43. The van der Waals surface area contributed by atoms with Crippen LogP contribution in [-0.4, -0.2) is 35.1 Å². The Kier molecular flexibility index (Phi) is 9.69. The van der Waals surface area contributed by atoms with E-state index in [1.54, 1.807) is 12.1 Å². The van der Waals surface area contributed by atoms with Crippen LogP contribution in [0.5, 0.6) is 5.75 Å². The van der Waals surface area contributed by atoms with E-state index in [9.17, 15) is 9.59 Å². The standard InChI is InChI=1S/C39H36N2O5/c42-35(43)26-45-33-20-18-27(19-21-33)22-23-40-38(44)32-16-9-10-28(25-32)24-31-15-7-8-17-34(31)39-41-36(29-11-3-1-4-12-29)37(46-39)30-13-5-2-6-14-30/h1-6,9-14,16-21,25,31H,7-8,15,22-24,26H2,(H,40,44)(H,42,43). The third-order valence-electron chi connectivity index (χ3n) is 8.17. The second-order valence-corrected chi connectivity index (χ2v) is 11.5. The predicted octanol–water partition coefficient (Wildman–Crippen LogP) is 7.87. The quantitative estimate of drug-likeness (QED) is 0.149. The topological polar surface area (TPSA) is 102 Å². The number of amides is 1. The number of aromatic nitrogens is 1. The molecule has 1 amide bonds. The molecule has 7 heteroatoms. The largest absolute Gasteiger partial charge is 0.482 e. The fourth-order valence-corrected chi connectivity index (χ4v) is 5.88. The van der Waals surface area contributed by atoms with Gasteiger partial charge in [0.05, 0.1) is 0 Å². The van der Waals surface area contributed by atoms with Gasteiger partial charge in [0, 0.05) is 28.8 Å². The van der Waals surface area contributed by atoms with Crippen LogP contribution in [0.15, 0.2) is 120 Å². The van der Waals surface area contributed by atoms with E-state index >= 15 is 0 Å². The molecule has 2 N–H and O–H groups in total.